The van der Waals surface area contributed by atoms with Gasteiger partial charge in [0.15, 0.2) is 5.69 Å². The van der Waals surface area contributed by atoms with Crippen LogP contribution >= 0.6 is 12.6 Å². The molecule has 0 spiro atoms. The second-order valence-corrected chi connectivity index (χ2v) is 3.94. The highest BCUT2D eigenvalue weighted by atomic mass is 32.1. The molecule has 2 aromatic rings. The fourth-order valence-electron chi connectivity index (χ4n) is 1.38. The minimum absolute atomic E-state index is 0.352. The highest BCUT2D eigenvalue weighted by molar-refractivity contribution is 7.80. The van der Waals surface area contributed by atoms with E-state index >= 15 is 0 Å². The van der Waals surface area contributed by atoms with Crippen LogP contribution in [0.4, 0.5) is 13.2 Å². The molecule has 0 aliphatic heterocycles. The molecular formula is C11H6F3N3S. The number of hydrogen-bond acceptors (Lipinski definition) is 3. The topological polar surface area (TPSA) is 41.6 Å². The zero-order valence-corrected chi connectivity index (χ0v) is 9.70. The molecule has 2 rings (SSSR count). The smallest absolute Gasteiger partial charge is 0.240 e. The first kappa shape index (κ1) is 12.5. The third kappa shape index (κ3) is 2.33. The minimum atomic E-state index is -4.47. The number of benzene rings is 1. The Balaban J connectivity index is 2.41. The van der Waals surface area contributed by atoms with Crippen molar-refractivity contribution < 1.29 is 13.2 Å². The van der Waals surface area contributed by atoms with Gasteiger partial charge in [-0.25, -0.2) is 4.68 Å². The summed E-state index contributed by atoms with van der Waals surface area (Å²) >= 11 is 4.08. The zero-order chi connectivity index (χ0) is 13.3. The molecule has 0 aliphatic rings. The Hall–Kier alpha value is -1.94. The van der Waals surface area contributed by atoms with Gasteiger partial charge in [0.2, 0.25) is 0 Å². The molecule has 18 heavy (non-hydrogen) atoms. The highest BCUT2D eigenvalue weighted by Gasteiger charge is 2.33. The van der Waals surface area contributed by atoms with Gasteiger partial charge in [0.25, 0.3) is 0 Å². The van der Waals surface area contributed by atoms with Gasteiger partial charge in [-0.15, -0.1) is 12.6 Å². The Morgan fingerprint density at radius 2 is 2.00 bits per heavy atom. The lowest BCUT2D eigenvalue weighted by molar-refractivity contribution is -0.141. The number of alkyl halides is 3. The predicted octanol–water partition coefficient (Wildman–Crippen LogP) is 3.05. The third-order valence-electron chi connectivity index (χ3n) is 2.25. The number of hydrogen-bond donors (Lipinski definition) is 1. The molecule has 0 fully saturated rings. The van der Waals surface area contributed by atoms with Crippen molar-refractivity contribution in [3.05, 3.63) is 41.7 Å². The second kappa shape index (κ2) is 4.38. The van der Waals surface area contributed by atoms with E-state index in [-0.39, 0.29) is 0 Å². The fourth-order valence-corrected chi connectivity index (χ4v) is 1.63. The SMILES string of the molecule is N#Cc1ccc(-n2ccc(C(F)(F)F)n2)cc1S. The summed E-state index contributed by atoms with van der Waals surface area (Å²) in [5, 5.41) is 12.1. The molecule has 0 radical (unpaired) electrons. The molecule has 7 heteroatoms. The van der Waals surface area contributed by atoms with Crippen LogP contribution in [0.3, 0.4) is 0 Å². The van der Waals surface area contributed by atoms with Crippen LogP contribution in [-0.4, -0.2) is 9.78 Å². The van der Waals surface area contributed by atoms with Crippen LogP contribution in [0.15, 0.2) is 35.4 Å². The second-order valence-electron chi connectivity index (χ2n) is 3.46. The standard InChI is InChI=1S/C11H6F3N3S/c12-11(13,14)10-3-4-17(16-10)8-2-1-7(6-15)9(18)5-8/h1-5,18H. The normalized spacial score (nSPS) is 11.3. The lowest BCUT2D eigenvalue weighted by atomic mass is 10.2. The quantitative estimate of drug-likeness (QED) is 0.808. The van der Waals surface area contributed by atoms with Crippen LogP contribution in [-0.2, 0) is 6.18 Å². The minimum Gasteiger partial charge on any atom is -0.240 e. The fraction of sp³-hybridized carbons (Fsp3) is 0.0909. The van der Waals surface area contributed by atoms with Gasteiger partial charge in [-0.1, -0.05) is 0 Å². The Morgan fingerprint density at radius 1 is 1.28 bits per heavy atom. The van der Waals surface area contributed by atoms with Crippen molar-refractivity contribution in [2.24, 2.45) is 0 Å². The van der Waals surface area contributed by atoms with Crippen molar-refractivity contribution in [1.82, 2.24) is 9.78 Å². The summed E-state index contributed by atoms with van der Waals surface area (Å²) < 4.78 is 38.2. The average molecular weight is 269 g/mol. The van der Waals surface area contributed by atoms with Crippen LogP contribution in [0.25, 0.3) is 5.69 Å². The molecule has 1 heterocycles. The molecule has 3 nitrogen and oxygen atoms in total. The van der Waals surface area contributed by atoms with Crippen LogP contribution in [0, 0.1) is 11.3 Å². The molecular weight excluding hydrogens is 263 g/mol. The van der Waals surface area contributed by atoms with Crippen LogP contribution < -0.4 is 0 Å². The molecule has 0 bridgehead atoms. The molecule has 0 atom stereocenters. The Bertz CT molecular complexity index is 625. The number of aromatic nitrogens is 2. The molecule has 0 amide bonds. The Morgan fingerprint density at radius 3 is 2.50 bits per heavy atom. The van der Waals surface area contributed by atoms with E-state index < -0.39 is 11.9 Å². The maximum absolute atomic E-state index is 12.4. The monoisotopic (exact) mass is 269 g/mol. The van der Waals surface area contributed by atoms with E-state index in [9.17, 15) is 13.2 Å². The van der Waals surface area contributed by atoms with Gasteiger partial charge in [-0.05, 0) is 24.3 Å². The van der Waals surface area contributed by atoms with E-state index in [1.165, 1.54) is 24.4 Å². The number of nitriles is 1. The van der Waals surface area contributed by atoms with Crippen molar-refractivity contribution >= 4 is 12.6 Å². The van der Waals surface area contributed by atoms with Gasteiger partial charge in [0.05, 0.1) is 11.3 Å². The number of nitrogens with zero attached hydrogens (tertiary/aromatic N) is 3. The molecule has 0 N–H and O–H groups in total. The lowest BCUT2D eigenvalue weighted by Crippen LogP contribution is -2.07. The first-order valence-corrected chi connectivity index (χ1v) is 5.23. The molecule has 0 saturated carbocycles. The molecule has 0 unspecified atom stereocenters. The van der Waals surface area contributed by atoms with Gasteiger partial charge in [0.1, 0.15) is 6.07 Å². The highest BCUT2D eigenvalue weighted by Crippen LogP contribution is 2.28. The maximum Gasteiger partial charge on any atom is 0.435 e. The van der Waals surface area contributed by atoms with E-state index in [1.54, 1.807) is 0 Å². The zero-order valence-electron chi connectivity index (χ0n) is 8.81. The summed E-state index contributed by atoms with van der Waals surface area (Å²) in [7, 11) is 0. The summed E-state index contributed by atoms with van der Waals surface area (Å²) in [5.41, 5.74) is -0.202. The molecule has 1 aromatic carbocycles. The lowest BCUT2D eigenvalue weighted by Gasteiger charge is -2.04. The van der Waals surface area contributed by atoms with Crippen molar-refractivity contribution in [2.75, 3.05) is 0 Å². The molecule has 0 aliphatic carbocycles. The Labute approximate surface area is 106 Å². The molecule has 92 valence electrons. The van der Waals surface area contributed by atoms with Crippen molar-refractivity contribution in [3.63, 3.8) is 0 Å². The van der Waals surface area contributed by atoms with Crippen molar-refractivity contribution in [2.45, 2.75) is 11.1 Å². The van der Waals surface area contributed by atoms with E-state index in [4.69, 9.17) is 5.26 Å². The van der Waals surface area contributed by atoms with Gasteiger partial charge in [-0.2, -0.15) is 23.5 Å². The van der Waals surface area contributed by atoms with Crippen LogP contribution in [0.5, 0.6) is 0 Å². The van der Waals surface area contributed by atoms with E-state index in [0.717, 1.165) is 10.7 Å². The number of thiol groups is 1. The van der Waals surface area contributed by atoms with Crippen LogP contribution in [0.1, 0.15) is 11.3 Å². The summed E-state index contributed by atoms with van der Waals surface area (Å²) in [6, 6.07) is 7.27. The summed E-state index contributed by atoms with van der Waals surface area (Å²) in [6.07, 6.45) is -3.26. The predicted molar refractivity (Wildman–Crippen MR) is 60.5 cm³/mol. The molecule has 1 aromatic heterocycles. The summed E-state index contributed by atoms with van der Waals surface area (Å²) in [6.45, 7) is 0. The van der Waals surface area contributed by atoms with E-state index in [2.05, 4.69) is 17.7 Å². The third-order valence-corrected chi connectivity index (χ3v) is 2.62. The summed E-state index contributed by atoms with van der Waals surface area (Å²) in [5.74, 6) is 0. The van der Waals surface area contributed by atoms with Crippen molar-refractivity contribution in [3.8, 4) is 11.8 Å². The first-order valence-electron chi connectivity index (χ1n) is 4.78. The number of rotatable bonds is 1. The van der Waals surface area contributed by atoms with E-state index in [0.29, 0.717) is 16.1 Å². The van der Waals surface area contributed by atoms with Gasteiger partial charge in [-0.3, -0.25) is 0 Å². The number of halogens is 3. The average Bonchev–Trinajstić information content (AvgIpc) is 2.77. The van der Waals surface area contributed by atoms with Crippen LogP contribution in [0.2, 0.25) is 0 Å². The maximum atomic E-state index is 12.4. The van der Waals surface area contributed by atoms with Crippen molar-refractivity contribution in [1.29, 1.82) is 5.26 Å². The summed E-state index contributed by atoms with van der Waals surface area (Å²) in [4.78, 5) is 0.388. The first-order chi connectivity index (χ1) is 8.41. The van der Waals surface area contributed by atoms with Gasteiger partial charge < -0.3 is 0 Å². The Kier molecular flexibility index (Phi) is 3.05. The van der Waals surface area contributed by atoms with Gasteiger partial charge in [0, 0.05) is 11.1 Å². The largest absolute Gasteiger partial charge is 0.435 e. The van der Waals surface area contributed by atoms with Gasteiger partial charge >= 0.3 is 6.18 Å². The van der Waals surface area contributed by atoms with E-state index in [1.807, 2.05) is 6.07 Å². The molecule has 0 saturated heterocycles.